The van der Waals surface area contributed by atoms with Gasteiger partial charge in [-0.25, -0.2) is 4.98 Å². The predicted octanol–water partition coefficient (Wildman–Crippen LogP) is 1.99. The molecule has 2 aromatic heterocycles. The number of amides is 1. The van der Waals surface area contributed by atoms with Gasteiger partial charge >= 0.3 is 0 Å². The first-order valence-electron chi connectivity index (χ1n) is 9.02. The van der Waals surface area contributed by atoms with E-state index in [4.69, 9.17) is 5.73 Å². The first kappa shape index (κ1) is 17.4. The van der Waals surface area contributed by atoms with E-state index < -0.39 is 0 Å². The van der Waals surface area contributed by atoms with Crippen LogP contribution >= 0.6 is 0 Å². The monoisotopic (exact) mass is 362 g/mol. The van der Waals surface area contributed by atoms with E-state index in [-0.39, 0.29) is 17.7 Å². The van der Waals surface area contributed by atoms with Crippen LogP contribution in [-0.4, -0.2) is 44.1 Å². The predicted molar refractivity (Wildman–Crippen MR) is 101 cm³/mol. The van der Waals surface area contributed by atoms with Crippen molar-refractivity contribution in [2.24, 2.45) is 5.73 Å². The maximum absolute atomic E-state index is 12.9. The molecular weight excluding hydrogens is 340 g/mol. The van der Waals surface area contributed by atoms with E-state index in [2.05, 4.69) is 44.4 Å². The fourth-order valence-electron chi connectivity index (χ4n) is 3.66. The summed E-state index contributed by atoms with van der Waals surface area (Å²) in [5.41, 5.74) is 10.2. The minimum atomic E-state index is -0.0897. The molecule has 1 aromatic carbocycles. The summed E-state index contributed by atoms with van der Waals surface area (Å²) in [6.45, 7) is 3.61. The quantitative estimate of drug-likeness (QED) is 0.739. The SMILES string of the molecule is Cc1cnc(C(=O)N2C[C@@H](c3ccc(CN)cc3)[C@H](c3ccn[nH]3)C2)cn1. The van der Waals surface area contributed by atoms with Crippen LogP contribution in [0.2, 0.25) is 0 Å². The second kappa shape index (κ2) is 7.28. The molecule has 0 spiro atoms. The van der Waals surface area contributed by atoms with Crippen molar-refractivity contribution < 1.29 is 4.79 Å². The van der Waals surface area contributed by atoms with Crippen molar-refractivity contribution in [2.45, 2.75) is 25.3 Å². The summed E-state index contributed by atoms with van der Waals surface area (Å²) < 4.78 is 0. The Morgan fingerprint density at radius 1 is 1.15 bits per heavy atom. The standard InChI is InChI=1S/C20H22N6O/c1-13-9-23-19(10-22-13)20(27)26-11-16(15-4-2-14(8-21)3-5-15)17(12-26)18-6-7-24-25-18/h2-7,9-10,16-17H,8,11-12,21H2,1H3,(H,24,25)/t16-,17+/m0/s1. The van der Waals surface area contributed by atoms with E-state index in [9.17, 15) is 4.79 Å². The van der Waals surface area contributed by atoms with E-state index in [0.29, 0.717) is 25.3 Å². The van der Waals surface area contributed by atoms with Crippen LogP contribution in [0.3, 0.4) is 0 Å². The molecular formula is C20H22N6O. The van der Waals surface area contributed by atoms with Gasteiger partial charge < -0.3 is 10.6 Å². The van der Waals surface area contributed by atoms with E-state index in [1.165, 1.54) is 5.56 Å². The number of hydrogen-bond donors (Lipinski definition) is 2. The molecule has 1 fully saturated rings. The molecule has 0 aliphatic carbocycles. The zero-order valence-electron chi connectivity index (χ0n) is 15.2. The number of aromatic nitrogens is 4. The Bertz CT molecular complexity index is 905. The summed E-state index contributed by atoms with van der Waals surface area (Å²) in [4.78, 5) is 23.2. The topological polar surface area (TPSA) is 101 Å². The number of aryl methyl sites for hydroxylation is 1. The van der Waals surface area contributed by atoms with Gasteiger partial charge in [-0.05, 0) is 24.1 Å². The Hall–Kier alpha value is -3.06. The minimum absolute atomic E-state index is 0.0897. The molecule has 1 aliphatic rings. The van der Waals surface area contributed by atoms with Gasteiger partial charge in [0.2, 0.25) is 0 Å². The van der Waals surface area contributed by atoms with Gasteiger partial charge in [-0.2, -0.15) is 5.10 Å². The first-order valence-corrected chi connectivity index (χ1v) is 9.02. The lowest BCUT2D eigenvalue weighted by Gasteiger charge is -2.17. The smallest absolute Gasteiger partial charge is 0.274 e. The molecule has 1 aliphatic heterocycles. The summed E-state index contributed by atoms with van der Waals surface area (Å²) in [5.74, 6) is 0.242. The normalized spacial score (nSPS) is 19.4. The Morgan fingerprint density at radius 3 is 2.56 bits per heavy atom. The maximum Gasteiger partial charge on any atom is 0.274 e. The van der Waals surface area contributed by atoms with Gasteiger partial charge in [0.25, 0.3) is 5.91 Å². The van der Waals surface area contributed by atoms with E-state index in [1.807, 2.05) is 17.9 Å². The number of aromatic amines is 1. The Labute approximate surface area is 157 Å². The van der Waals surface area contributed by atoms with E-state index in [0.717, 1.165) is 17.0 Å². The lowest BCUT2D eigenvalue weighted by atomic mass is 9.86. The number of hydrogen-bond acceptors (Lipinski definition) is 5. The third-order valence-electron chi connectivity index (χ3n) is 5.17. The number of H-pyrrole nitrogens is 1. The molecule has 3 N–H and O–H groups in total. The summed E-state index contributed by atoms with van der Waals surface area (Å²) in [6, 6.07) is 10.3. The van der Waals surface area contributed by atoms with Gasteiger partial charge in [-0.1, -0.05) is 24.3 Å². The van der Waals surface area contributed by atoms with Crippen molar-refractivity contribution in [3.05, 3.63) is 77.1 Å². The van der Waals surface area contributed by atoms with Gasteiger partial charge in [0.05, 0.1) is 11.9 Å². The number of rotatable bonds is 4. The van der Waals surface area contributed by atoms with Crippen LogP contribution in [0.5, 0.6) is 0 Å². The first-order chi connectivity index (χ1) is 13.2. The van der Waals surface area contributed by atoms with Crippen molar-refractivity contribution in [1.29, 1.82) is 0 Å². The summed E-state index contributed by atoms with van der Waals surface area (Å²) in [5, 5.41) is 7.16. The lowest BCUT2D eigenvalue weighted by Crippen LogP contribution is -2.29. The largest absolute Gasteiger partial charge is 0.336 e. The highest BCUT2D eigenvalue weighted by Gasteiger charge is 2.38. The molecule has 0 radical (unpaired) electrons. The minimum Gasteiger partial charge on any atom is -0.336 e. The van der Waals surface area contributed by atoms with Crippen LogP contribution in [0.25, 0.3) is 0 Å². The Morgan fingerprint density at radius 2 is 1.93 bits per heavy atom. The van der Waals surface area contributed by atoms with Crippen molar-refractivity contribution in [3.8, 4) is 0 Å². The number of nitrogens with one attached hydrogen (secondary N) is 1. The van der Waals surface area contributed by atoms with Gasteiger partial charge in [-0.3, -0.25) is 14.9 Å². The van der Waals surface area contributed by atoms with Crippen LogP contribution in [0.1, 0.15) is 44.8 Å². The van der Waals surface area contributed by atoms with Crippen LogP contribution < -0.4 is 5.73 Å². The number of carbonyl (C=O) groups is 1. The molecule has 0 saturated carbocycles. The third kappa shape index (κ3) is 3.46. The number of carbonyl (C=O) groups excluding carboxylic acids is 1. The van der Waals surface area contributed by atoms with Crippen LogP contribution in [-0.2, 0) is 6.54 Å². The van der Waals surface area contributed by atoms with E-state index >= 15 is 0 Å². The molecule has 0 unspecified atom stereocenters. The molecule has 138 valence electrons. The molecule has 1 saturated heterocycles. The number of nitrogens with zero attached hydrogens (tertiary/aromatic N) is 4. The van der Waals surface area contributed by atoms with Gasteiger partial charge in [0.15, 0.2) is 0 Å². The Kier molecular flexibility index (Phi) is 4.68. The lowest BCUT2D eigenvalue weighted by molar-refractivity contribution is 0.0782. The van der Waals surface area contributed by atoms with Crippen molar-refractivity contribution in [1.82, 2.24) is 25.1 Å². The highest BCUT2D eigenvalue weighted by molar-refractivity contribution is 5.92. The number of likely N-dealkylation sites (tertiary alicyclic amines) is 1. The molecule has 2 atom stereocenters. The summed E-state index contributed by atoms with van der Waals surface area (Å²) in [6.07, 6.45) is 4.92. The maximum atomic E-state index is 12.9. The van der Waals surface area contributed by atoms with Crippen molar-refractivity contribution >= 4 is 5.91 Å². The second-order valence-corrected chi connectivity index (χ2v) is 6.92. The van der Waals surface area contributed by atoms with Gasteiger partial charge in [-0.15, -0.1) is 0 Å². The van der Waals surface area contributed by atoms with Gasteiger partial charge in [0.1, 0.15) is 5.69 Å². The van der Waals surface area contributed by atoms with Crippen LogP contribution in [0.4, 0.5) is 0 Å². The molecule has 7 heteroatoms. The summed E-state index contributed by atoms with van der Waals surface area (Å²) >= 11 is 0. The molecule has 3 aromatic rings. The highest BCUT2D eigenvalue weighted by Crippen LogP contribution is 2.39. The molecule has 4 rings (SSSR count). The van der Waals surface area contributed by atoms with Crippen LogP contribution in [0.15, 0.2) is 48.9 Å². The molecule has 1 amide bonds. The molecule has 7 nitrogen and oxygen atoms in total. The van der Waals surface area contributed by atoms with E-state index in [1.54, 1.807) is 18.6 Å². The molecule has 27 heavy (non-hydrogen) atoms. The number of benzene rings is 1. The Balaban J connectivity index is 1.62. The second-order valence-electron chi connectivity index (χ2n) is 6.92. The zero-order valence-corrected chi connectivity index (χ0v) is 15.2. The van der Waals surface area contributed by atoms with Crippen molar-refractivity contribution in [2.75, 3.05) is 13.1 Å². The highest BCUT2D eigenvalue weighted by atomic mass is 16.2. The molecule has 0 bridgehead atoms. The molecule has 3 heterocycles. The van der Waals surface area contributed by atoms with Crippen molar-refractivity contribution in [3.63, 3.8) is 0 Å². The zero-order chi connectivity index (χ0) is 18.8. The van der Waals surface area contributed by atoms with Gasteiger partial charge in [0, 0.05) is 49.6 Å². The average molecular weight is 362 g/mol. The third-order valence-corrected chi connectivity index (χ3v) is 5.17. The average Bonchev–Trinajstić information content (AvgIpc) is 3.38. The fourth-order valence-corrected chi connectivity index (χ4v) is 3.66. The summed E-state index contributed by atoms with van der Waals surface area (Å²) in [7, 11) is 0. The number of nitrogens with two attached hydrogens (primary N) is 1. The fraction of sp³-hybridized carbons (Fsp3) is 0.300. The van der Waals surface area contributed by atoms with Crippen LogP contribution in [0, 0.1) is 6.92 Å².